The molecule has 0 amide bonds. The first-order chi connectivity index (χ1) is 7.09. The molecule has 3 nitrogen and oxygen atoms in total. The molecule has 3 heteroatoms. The number of benzene rings is 1. The third kappa shape index (κ3) is 4.98. The van der Waals surface area contributed by atoms with Crippen LogP contribution in [0.4, 0.5) is 0 Å². The van der Waals surface area contributed by atoms with Crippen LogP contribution in [-0.4, -0.2) is 17.9 Å². The van der Waals surface area contributed by atoms with Crippen molar-refractivity contribution in [3.63, 3.8) is 0 Å². The van der Waals surface area contributed by atoms with E-state index in [1.807, 2.05) is 31.2 Å². The van der Waals surface area contributed by atoms with Gasteiger partial charge >= 0.3 is 0 Å². The Kier molecular flexibility index (Phi) is 6.06. The molecule has 0 atom stereocenters. The van der Waals surface area contributed by atoms with Crippen molar-refractivity contribution in [3.05, 3.63) is 47.2 Å². The second-order valence-corrected chi connectivity index (χ2v) is 3.17. The van der Waals surface area contributed by atoms with Gasteiger partial charge in [-0.25, -0.2) is 0 Å². The van der Waals surface area contributed by atoms with Gasteiger partial charge in [0.05, 0.1) is 5.71 Å². The zero-order valence-electron chi connectivity index (χ0n) is 9.41. The van der Waals surface area contributed by atoms with Gasteiger partial charge in [0.25, 0.3) is 0 Å². The highest BCUT2D eigenvalue weighted by molar-refractivity contribution is 6.06. The molecule has 0 saturated carbocycles. The Bertz CT molecular complexity index is 335. The second kappa shape index (κ2) is 6.79. The number of aliphatic hydroxyl groups excluding tert-OH is 1. The van der Waals surface area contributed by atoms with E-state index in [2.05, 4.69) is 0 Å². The van der Waals surface area contributed by atoms with Crippen LogP contribution < -0.4 is 5.73 Å². The van der Waals surface area contributed by atoms with E-state index in [1.165, 1.54) is 5.56 Å². The summed E-state index contributed by atoms with van der Waals surface area (Å²) in [5, 5.41) is 14.7. The van der Waals surface area contributed by atoms with Gasteiger partial charge < -0.3 is 16.2 Å². The highest BCUT2D eigenvalue weighted by Crippen LogP contribution is 2.04. The number of allylic oxidation sites excluding steroid dienone is 2. The Morgan fingerprint density at radius 3 is 2.13 bits per heavy atom. The minimum absolute atomic E-state index is 0.458. The van der Waals surface area contributed by atoms with Crippen LogP contribution in [0.2, 0.25) is 0 Å². The summed E-state index contributed by atoms with van der Waals surface area (Å²) < 4.78 is 0. The van der Waals surface area contributed by atoms with Crippen molar-refractivity contribution in [2.75, 3.05) is 7.11 Å². The summed E-state index contributed by atoms with van der Waals surface area (Å²) in [6.07, 6.45) is 1.66. The Hall–Kier alpha value is -1.61. The van der Waals surface area contributed by atoms with Gasteiger partial charge in [0.15, 0.2) is 0 Å². The number of aryl methyl sites for hydroxylation is 1. The molecule has 1 aromatic rings. The molecule has 0 aromatic heterocycles. The largest absolute Gasteiger partial charge is 0.402 e. The number of rotatable bonds is 2. The molecule has 4 N–H and O–H groups in total. The van der Waals surface area contributed by atoms with Crippen LogP contribution in [0.1, 0.15) is 18.1 Å². The number of aliphatic hydroxyl groups is 1. The first kappa shape index (κ1) is 13.4. The van der Waals surface area contributed by atoms with Gasteiger partial charge in [-0.05, 0) is 25.5 Å². The molecule has 82 valence electrons. The van der Waals surface area contributed by atoms with Crippen molar-refractivity contribution in [3.8, 4) is 0 Å². The third-order valence-corrected chi connectivity index (χ3v) is 1.73. The lowest BCUT2D eigenvalue weighted by Crippen LogP contribution is -1.99. The molecule has 0 bridgehead atoms. The molecular weight excluding hydrogens is 188 g/mol. The molecule has 0 aliphatic rings. The molecule has 1 aromatic carbocycles. The van der Waals surface area contributed by atoms with E-state index in [9.17, 15) is 0 Å². The fraction of sp³-hybridized carbons (Fsp3) is 0.250. The van der Waals surface area contributed by atoms with Crippen molar-refractivity contribution in [2.45, 2.75) is 13.8 Å². The van der Waals surface area contributed by atoms with E-state index in [1.54, 1.807) is 13.0 Å². The molecule has 15 heavy (non-hydrogen) atoms. The summed E-state index contributed by atoms with van der Waals surface area (Å²) in [6, 6.07) is 7.83. The molecule has 0 aliphatic carbocycles. The van der Waals surface area contributed by atoms with Crippen molar-refractivity contribution in [1.29, 1.82) is 5.41 Å². The maximum atomic E-state index is 7.67. The van der Waals surface area contributed by atoms with E-state index in [0.717, 1.165) is 12.7 Å². The van der Waals surface area contributed by atoms with E-state index < -0.39 is 0 Å². The summed E-state index contributed by atoms with van der Waals surface area (Å²) >= 11 is 0. The highest BCUT2D eigenvalue weighted by Gasteiger charge is 1.96. The van der Waals surface area contributed by atoms with Crippen molar-refractivity contribution >= 4 is 5.71 Å². The summed E-state index contributed by atoms with van der Waals surface area (Å²) in [5.41, 5.74) is 8.69. The van der Waals surface area contributed by atoms with Crippen molar-refractivity contribution < 1.29 is 5.11 Å². The lowest BCUT2D eigenvalue weighted by atomic mass is 10.1. The van der Waals surface area contributed by atoms with Crippen LogP contribution in [0.5, 0.6) is 0 Å². The Morgan fingerprint density at radius 1 is 1.27 bits per heavy atom. The fourth-order valence-corrected chi connectivity index (χ4v) is 1.04. The van der Waals surface area contributed by atoms with E-state index in [-0.39, 0.29) is 0 Å². The van der Waals surface area contributed by atoms with Gasteiger partial charge in [0, 0.05) is 12.8 Å². The van der Waals surface area contributed by atoms with Crippen molar-refractivity contribution in [1.82, 2.24) is 0 Å². The predicted octanol–water partition coefficient (Wildman–Crippen LogP) is 1.83. The van der Waals surface area contributed by atoms with Gasteiger partial charge in [0.1, 0.15) is 0 Å². The average molecular weight is 206 g/mol. The maximum Gasteiger partial charge on any atom is 0.0629 e. The SMILES string of the molecule is C/C(N)=C/C(=N)c1ccc(C)cc1.CO. The topological polar surface area (TPSA) is 70.1 Å². The molecule has 0 unspecified atom stereocenters. The monoisotopic (exact) mass is 206 g/mol. The lowest BCUT2D eigenvalue weighted by Gasteiger charge is -1.99. The predicted molar refractivity (Wildman–Crippen MR) is 64.1 cm³/mol. The van der Waals surface area contributed by atoms with Crippen molar-refractivity contribution in [2.24, 2.45) is 5.73 Å². The van der Waals surface area contributed by atoms with Gasteiger partial charge in [-0.2, -0.15) is 0 Å². The first-order valence-corrected chi connectivity index (χ1v) is 4.63. The van der Waals surface area contributed by atoms with E-state index >= 15 is 0 Å². The van der Waals surface area contributed by atoms with Gasteiger partial charge in [-0.3, -0.25) is 0 Å². The lowest BCUT2D eigenvalue weighted by molar-refractivity contribution is 0.399. The van der Waals surface area contributed by atoms with E-state index in [4.69, 9.17) is 16.2 Å². The molecule has 0 aliphatic heterocycles. The number of nitrogens with one attached hydrogen (secondary N) is 1. The minimum Gasteiger partial charge on any atom is -0.402 e. The number of hydrogen-bond acceptors (Lipinski definition) is 3. The molecule has 0 fully saturated rings. The maximum absolute atomic E-state index is 7.67. The normalized spacial score (nSPS) is 10.3. The average Bonchev–Trinajstić information content (AvgIpc) is 2.20. The summed E-state index contributed by atoms with van der Waals surface area (Å²) in [6.45, 7) is 3.81. The Balaban J connectivity index is 0.000000921. The summed E-state index contributed by atoms with van der Waals surface area (Å²) in [7, 11) is 1.00. The third-order valence-electron chi connectivity index (χ3n) is 1.73. The zero-order chi connectivity index (χ0) is 11.8. The molecule has 1 rings (SSSR count). The van der Waals surface area contributed by atoms with Crippen LogP contribution in [0.25, 0.3) is 0 Å². The Labute approximate surface area is 90.8 Å². The van der Waals surface area contributed by atoms with Crippen LogP contribution in [0.15, 0.2) is 36.0 Å². The summed E-state index contributed by atoms with van der Waals surface area (Å²) in [4.78, 5) is 0. The van der Waals surface area contributed by atoms with Gasteiger partial charge in [0.2, 0.25) is 0 Å². The summed E-state index contributed by atoms with van der Waals surface area (Å²) in [5.74, 6) is 0. The number of hydrogen-bond donors (Lipinski definition) is 3. The minimum atomic E-state index is 0.458. The number of nitrogens with two attached hydrogens (primary N) is 1. The highest BCUT2D eigenvalue weighted by atomic mass is 16.2. The first-order valence-electron chi connectivity index (χ1n) is 4.63. The van der Waals surface area contributed by atoms with Crippen LogP contribution >= 0.6 is 0 Å². The van der Waals surface area contributed by atoms with Crippen LogP contribution in [0.3, 0.4) is 0 Å². The smallest absolute Gasteiger partial charge is 0.0629 e. The molecular formula is C12H18N2O. The molecule has 0 spiro atoms. The molecule has 0 heterocycles. The van der Waals surface area contributed by atoms with Gasteiger partial charge in [-0.15, -0.1) is 0 Å². The molecule has 0 saturated heterocycles. The van der Waals surface area contributed by atoms with E-state index in [0.29, 0.717) is 11.4 Å². The van der Waals surface area contributed by atoms with Crippen LogP contribution in [-0.2, 0) is 0 Å². The van der Waals surface area contributed by atoms with Gasteiger partial charge in [-0.1, -0.05) is 29.8 Å². The fourth-order valence-electron chi connectivity index (χ4n) is 1.04. The Morgan fingerprint density at radius 2 is 1.73 bits per heavy atom. The van der Waals surface area contributed by atoms with Crippen LogP contribution in [0, 0.1) is 12.3 Å². The second-order valence-electron chi connectivity index (χ2n) is 3.17. The molecule has 0 radical (unpaired) electrons. The standard InChI is InChI=1S/C11H14N2.CH4O/c1-8-3-5-10(6-4-8)11(13)7-9(2)12;1-2/h3-7,13H,12H2,1-2H3;2H,1H3/b9-7-,13-11?;. The quantitative estimate of drug-likeness (QED) is 0.646. The zero-order valence-corrected chi connectivity index (χ0v) is 9.41.